The number of hydrogen-bond acceptors (Lipinski definition) is 4. The third-order valence-corrected chi connectivity index (χ3v) is 5.80. The lowest BCUT2D eigenvalue weighted by Crippen LogP contribution is -2.31. The molecule has 0 saturated heterocycles. The normalized spacial score (nSPS) is 11.2. The Kier molecular flexibility index (Phi) is 7.38. The van der Waals surface area contributed by atoms with Crippen molar-refractivity contribution in [2.45, 2.75) is 31.6 Å². The second kappa shape index (κ2) is 9.53. The summed E-state index contributed by atoms with van der Waals surface area (Å²) >= 11 is 0. The van der Waals surface area contributed by atoms with E-state index in [4.69, 9.17) is 4.74 Å². The standard InChI is InChI=1S/C20H26N2O4S/c1-15-8-9-18(14-16(15)2)27(24,25)22-13-11-20(23)21-12-10-17-6-4-5-7-19(17)26-3/h4-9,14,22H,10-13H2,1-3H3,(H,21,23). The Bertz CT molecular complexity index is 895. The molecule has 0 atom stereocenters. The van der Waals surface area contributed by atoms with Gasteiger partial charge in [0.2, 0.25) is 15.9 Å². The number of para-hydroxylation sites is 1. The smallest absolute Gasteiger partial charge is 0.240 e. The lowest BCUT2D eigenvalue weighted by atomic mass is 10.1. The maximum atomic E-state index is 12.3. The van der Waals surface area contributed by atoms with Gasteiger partial charge in [-0.25, -0.2) is 13.1 Å². The van der Waals surface area contributed by atoms with Gasteiger partial charge in [-0.15, -0.1) is 0 Å². The molecule has 2 aromatic carbocycles. The number of carbonyl (C=O) groups is 1. The summed E-state index contributed by atoms with van der Waals surface area (Å²) < 4.78 is 32.3. The van der Waals surface area contributed by atoms with Crippen LogP contribution >= 0.6 is 0 Å². The minimum atomic E-state index is -3.61. The number of methoxy groups -OCH3 is 1. The molecule has 0 radical (unpaired) electrons. The van der Waals surface area contributed by atoms with Crippen LogP contribution in [0.4, 0.5) is 0 Å². The topological polar surface area (TPSA) is 84.5 Å². The fraction of sp³-hybridized carbons (Fsp3) is 0.350. The number of amides is 1. The molecule has 2 aromatic rings. The minimum Gasteiger partial charge on any atom is -0.496 e. The summed E-state index contributed by atoms with van der Waals surface area (Å²) in [6, 6.07) is 12.6. The SMILES string of the molecule is COc1ccccc1CCNC(=O)CCNS(=O)(=O)c1ccc(C)c(C)c1. The Morgan fingerprint density at radius 3 is 2.48 bits per heavy atom. The highest BCUT2D eigenvalue weighted by Crippen LogP contribution is 2.17. The number of benzene rings is 2. The monoisotopic (exact) mass is 390 g/mol. The second-order valence-corrected chi connectivity index (χ2v) is 8.07. The molecule has 0 heterocycles. The van der Waals surface area contributed by atoms with Gasteiger partial charge in [0.1, 0.15) is 5.75 Å². The van der Waals surface area contributed by atoms with Gasteiger partial charge < -0.3 is 10.1 Å². The van der Waals surface area contributed by atoms with E-state index in [0.717, 1.165) is 22.4 Å². The molecule has 0 fully saturated rings. The predicted molar refractivity (Wildman–Crippen MR) is 105 cm³/mol. The summed E-state index contributed by atoms with van der Waals surface area (Å²) in [4.78, 5) is 12.1. The van der Waals surface area contributed by atoms with Gasteiger partial charge in [0.25, 0.3) is 0 Å². The number of sulfonamides is 1. The zero-order chi connectivity index (χ0) is 19.9. The van der Waals surface area contributed by atoms with E-state index in [-0.39, 0.29) is 23.8 Å². The summed E-state index contributed by atoms with van der Waals surface area (Å²) in [7, 11) is -2.00. The molecular weight excluding hydrogens is 364 g/mol. The Morgan fingerprint density at radius 2 is 1.78 bits per heavy atom. The van der Waals surface area contributed by atoms with E-state index in [9.17, 15) is 13.2 Å². The first-order valence-electron chi connectivity index (χ1n) is 8.79. The van der Waals surface area contributed by atoms with Gasteiger partial charge in [-0.1, -0.05) is 24.3 Å². The summed E-state index contributed by atoms with van der Waals surface area (Å²) in [5.74, 6) is 0.584. The van der Waals surface area contributed by atoms with E-state index in [1.54, 1.807) is 25.3 Å². The van der Waals surface area contributed by atoms with Crippen molar-refractivity contribution in [1.29, 1.82) is 0 Å². The first-order valence-corrected chi connectivity index (χ1v) is 10.3. The number of carbonyl (C=O) groups excluding carboxylic acids is 1. The Hall–Kier alpha value is -2.38. The van der Waals surface area contributed by atoms with Crippen molar-refractivity contribution in [1.82, 2.24) is 10.0 Å². The van der Waals surface area contributed by atoms with Crippen LogP contribution in [0.2, 0.25) is 0 Å². The fourth-order valence-corrected chi connectivity index (χ4v) is 3.71. The van der Waals surface area contributed by atoms with Crippen LogP contribution in [0.1, 0.15) is 23.1 Å². The predicted octanol–water partition coefficient (Wildman–Crippen LogP) is 2.34. The number of nitrogens with one attached hydrogen (secondary N) is 2. The average Bonchev–Trinajstić information content (AvgIpc) is 2.64. The fourth-order valence-electron chi connectivity index (χ4n) is 2.60. The summed E-state index contributed by atoms with van der Waals surface area (Å²) in [5, 5.41) is 2.80. The van der Waals surface area contributed by atoms with Gasteiger partial charge in [0.15, 0.2) is 0 Å². The molecule has 2 rings (SSSR count). The highest BCUT2D eigenvalue weighted by atomic mass is 32.2. The van der Waals surface area contributed by atoms with Crippen LogP contribution in [0.5, 0.6) is 5.75 Å². The Labute approximate surface area is 161 Å². The highest BCUT2D eigenvalue weighted by molar-refractivity contribution is 7.89. The molecule has 0 aliphatic carbocycles. The second-order valence-electron chi connectivity index (χ2n) is 6.31. The Balaban J connectivity index is 1.77. The van der Waals surface area contributed by atoms with E-state index < -0.39 is 10.0 Å². The summed E-state index contributed by atoms with van der Waals surface area (Å²) in [6.45, 7) is 4.30. The molecular formula is C20H26N2O4S. The van der Waals surface area contributed by atoms with Crippen LogP contribution in [0.15, 0.2) is 47.4 Å². The zero-order valence-corrected chi connectivity index (χ0v) is 16.7. The maximum absolute atomic E-state index is 12.3. The molecule has 6 nitrogen and oxygen atoms in total. The van der Waals surface area contributed by atoms with Crippen molar-refractivity contribution in [3.8, 4) is 5.75 Å². The summed E-state index contributed by atoms with van der Waals surface area (Å²) in [6.07, 6.45) is 0.722. The number of rotatable bonds is 9. The number of hydrogen-bond donors (Lipinski definition) is 2. The van der Waals surface area contributed by atoms with Crippen molar-refractivity contribution in [2.24, 2.45) is 0 Å². The molecule has 0 aliphatic rings. The minimum absolute atomic E-state index is 0.0513. The molecule has 0 spiro atoms. The average molecular weight is 391 g/mol. The van der Waals surface area contributed by atoms with Crippen LogP contribution < -0.4 is 14.8 Å². The van der Waals surface area contributed by atoms with Crippen LogP contribution in [0.3, 0.4) is 0 Å². The quantitative estimate of drug-likeness (QED) is 0.688. The lowest BCUT2D eigenvalue weighted by molar-refractivity contribution is -0.120. The zero-order valence-electron chi connectivity index (χ0n) is 15.9. The van der Waals surface area contributed by atoms with E-state index in [2.05, 4.69) is 10.0 Å². The largest absolute Gasteiger partial charge is 0.496 e. The summed E-state index contributed by atoms with van der Waals surface area (Å²) in [5.41, 5.74) is 2.95. The van der Waals surface area contributed by atoms with Gasteiger partial charge in [0.05, 0.1) is 12.0 Å². The number of aryl methyl sites for hydroxylation is 2. The molecule has 27 heavy (non-hydrogen) atoms. The van der Waals surface area contributed by atoms with Crippen molar-refractivity contribution in [3.63, 3.8) is 0 Å². The van der Waals surface area contributed by atoms with E-state index in [0.29, 0.717) is 13.0 Å². The molecule has 0 saturated carbocycles. The third-order valence-electron chi connectivity index (χ3n) is 4.34. The van der Waals surface area contributed by atoms with Crippen molar-refractivity contribution >= 4 is 15.9 Å². The maximum Gasteiger partial charge on any atom is 0.240 e. The van der Waals surface area contributed by atoms with Gasteiger partial charge in [-0.2, -0.15) is 0 Å². The van der Waals surface area contributed by atoms with E-state index in [1.165, 1.54) is 0 Å². The van der Waals surface area contributed by atoms with Gasteiger partial charge in [-0.3, -0.25) is 4.79 Å². The molecule has 0 aromatic heterocycles. The van der Waals surface area contributed by atoms with Crippen molar-refractivity contribution in [3.05, 3.63) is 59.2 Å². The van der Waals surface area contributed by atoms with Crippen LogP contribution in [-0.2, 0) is 21.2 Å². The van der Waals surface area contributed by atoms with Gasteiger partial charge in [-0.05, 0) is 55.2 Å². The Morgan fingerprint density at radius 1 is 1.04 bits per heavy atom. The van der Waals surface area contributed by atoms with Gasteiger partial charge >= 0.3 is 0 Å². The van der Waals surface area contributed by atoms with Crippen molar-refractivity contribution < 1.29 is 17.9 Å². The van der Waals surface area contributed by atoms with E-state index >= 15 is 0 Å². The first kappa shape index (κ1) is 20.9. The van der Waals surface area contributed by atoms with Gasteiger partial charge in [0, 0.05) is 19.5 Å². The van der Waals surface area contributed by atoms with Crippen LogP contribution in [-0.4, -0.2) is 34.5 Å². The lowest BCUT2D eigenvalue weighted by Gasteiger charge is -2.10. The first-order chi connectivity index (χ1) is 12.8. The van der Waals surface area contributed by atoms with Crippen molar-refractivity contribution in [2.75, 3.05) is 20.2 Å². The van der Waals surface area contributed by atoms with Crippen LogP contribution in [0.25, 0.3) is 0 Å². The molecule has 0 aliphatic heterocycles. The highest BCUT2D eigenvalue weighted by Gasteiger charge is 2.14. The van der Waals surface area contributed by atoms with Crippen LogP contribution in [0, 0.1) is 13.8 Å². The molecule has 146 valence electrons. The number of ether oxygens (including phenoxy) is 1. The molecule has 2 N–H and O–H groups in total. The third kappa shape index (κ3) is 6.08. The molecule has 7 heteroatoms. The molecule has 0 unspecified atom stereocenters. The van der Waals surface area contributed by atoms with E-state index in [1.807, 2.05) is 38.1 Å². The molecule has 1 amide bonds. The molecule has 0 bridgehead atoms.